The second-order valence-electron chi connectivity index (χ2n) is 4.12. The van der Waals surface area contributed by atoms with Gasteiger partial charge < -0.3 is 10.1 Å². The number of rotatable bonds is 4. The highest BCUT2D eigenvalue weighted by atomic mass is 32.1. The second kappa shape index (κ2) is 5.99. The molecule has 1 aliphatic carbocycles. The molecule has 1 saturated heterocycles. The summed E-state index contributed by atoms with van der Waals surface area (Å²) in [6.07, 6.45) is 4.55. The summed E-state index contributed by atoms with van der Waals surface area (Å²) in [5.41, 5.74) is 0.719. The molecule has 2 unspecified atom stereocenters. The Labute approximate surface area is 110 Å². The van der Waals surface area contributed by atoms with E-state index in [4.69, 9.17) is 17.0 Å². The molecule has 2 aliphatic rings. The first kappa shape index (κ1) is 13.1. The molecule has 0 radical (unpaired) electrons. The first-order chi connectivity index (χ1) is 8.70. The van der Waals surface area contributed by atoms with Gasteiger partial charge >= 0.3 is 5.97 Å². The summed E-state index contributed by atoms with van der Waals surface area (Å²) >= 11 is 4.87. The van der Waals surface area contributed by atoms with Crippen molar-refractivity contribution >= 4 is 29.3 Å². The Hall–Kier alpha value is -1.37. The van der Waals surface area contributed by atoms with Crippen molar-refractivity contribution in [3.05, 3.63) is 23.8 Å². The normalized spacial score (nSPS) is 24.6. The lowest BCUT2D eigenvalue weighted by atomic mass is 10.00. The Morgan fingerprint density at radius 1 is 1.61 bits per heavy atom. The number of allylic oxidation sites excluding steroid dienone is 3. The molecule has 0 bridgehead atoms. The van der Waals surface area contributed by atoms with E-state index in [-0.39, 0.29) is 24.2 Å². The maximum atomic E-state index is 11.8. The molecule has 1 heterocycles. The smallest absolute Gasteiger partial charge is 0.325 e. The number of ketones is 1. The fourth-order valence-electron chi connectivity index (χ4n) is 1.84. The first-order valence-electron chi connectivity index (χ1n) is 5.70. The number of esters is 1. The molecular formula is C12H14N2O3S. The zero-order valence-corrected chi connectivity index (χ0v) is 10.5. The van der Waals surface area contributed by atoms with Crippen LogP contribution in [0.1, 0.15) is 6.42 Å². The minimum absolute atomic E-state index is 0.00828. The molecule has 6 heteroatoms. The van der Waals surface area contributed by atoms with E-state index in [1.807, 2.05) is 0 Å². The fourth-order valence-corrected chi connectivity index (χ4v) is 2.07. The standard InChI is InChI=1S/C12H14N2O3S/c15-9-3-1-2-8(4-9)11(6-18)17-12(16)10-5-13-7-14-10/h1-3,6,10-11,13-14H,4-5,7H2. The molecule has 2 N–H and O–H groups in total. The van der Waals surface area contributed by atoms with E-state index in [9.17, 15) is 9.59 Å². The quantitative estimate of drug-likeness (QED) is 0.546. The van der Waals surface area contributed by atoms with Gasteiger partial charge in [0.1, 0.15) is 6.04 Å². The molecule has 0 amide bonds. The molecule has 0 spiro atoms. The Morgan fingerprint density at radius 3 is 3.06 bits per heavy atom. The number of ether oxygens (including phenoxy) is 1. The van der Waals surface area contributed by atoms with E-state index >= 15 is 0 Å². The number of thiocarbonyl (C=S) groups is 1. The van der Waals surface area contributed by atoms with E-state index < -0.39 is 6.10 Å². The zero-order valence-electron chi connectivity index (χ0n) is 9.72. The van der Waals surface area contributed by atoms with Crippen molar-refractivity contribution in [1.29, 1.82) is 0 Å². The van der Waals surface area contributed by atoms with Crippen LogP contribution in [0.3, 0.4) is 0 Å². The molecular weight excluding hydrogens is 252 g/mol. The monoisotopic (exact) mass is 266 g/mol. The van der Waals surface area contributed by atoms with Crippen molar-refractivity contribution in [3.63, 3.8) is 0 Å². The summed E-state index contributed by atoms with van der Waals surface area (Å²) in [6.45, 7) is 1.13. The van der Waals surface area contributed by atoms with Gasteiger partial charge in [0.05, 0.1) is 0 Å². The molecule has 1 fully saturated rings. The number of hydrogen-bond acceptors (Lipinski definition) is 6. The highest BCUT2D eigenvalue weighted by Crippen LogP contribution is 2.16. The van der Waals surface area contributed by atoms with Crippen LogP contribution in [0.5, 0.6) is 0 Å². The van der Waals surface area contributed by atoms with Gasteiger partial charge in [-0.3, -0.25) is 14.9 Å². The third-order valence-corrected chi connectivity index (χ3v) is 3.06. The van der Waals surface area contributed by atoms with E-state index in [1.54, 1.807) is 12.2 Å². The van der Waals surface area contributed by atoms with Gasteiger partial charge in [0.15, 0.2) is 11.9 Å². The molecule has 96 valence electrons. The molecule has 2 atom stereocenters. The van der Waals surface area contributed by atoms with Crippen molar-refractivity contribution in [3.8, 4) is 0 Å². The van der Waals surface area contributed by atoms with Crippen LogP contribution in [0.2, 0.25) is 0 Å². The van der Waals surface area contributed by atoms with Crippen LogP contribution in [0.25, 0.3) is 0 Å². The van der Waals surface area contributed by atoms with Crippen LogP contribution >= 0.6 is 12.2 Å². The largest absolute Gasteiger partial charge is 0.451 e. The molecule has 1 aliphatic heterocycles. The molecule has 18 heavy (non-hydrogen) atoms. The zero-order chi connectivity index (χ0) is 13.0. The summed E-state index contributed by atoms with van der Waals surface area (Å²) in [6, 6.07) is -0.349. The second-order valence-corrected chi connectivity index (χ2v) is 4.40. The van der Waals surface area contributed by atoms with Crippen molar-refractivity contribution in [2.45, 2.75) is 18.6 Å². The number of carbonyl (C=O) groups is 2. The molecule has 0 aromatic carbocycles. The van der Waals surface area contributed by atoms with Crippen molar-refractivity contribution < 1.29 is 14.3 Å². The average Bonchev–Trinajstić information content (AvgIpc) is 2.89. The van der Waals surface area contributed by atoms with E-state index in [2.05, 4.69) is 10.6 Å². The molecule has 5 nitrogen and oxygen atoms in total. The van der Waals surface area contributed by atoms with Gasteiger partial charge in [-0.15, -0.1) is 0 Å². The molecule has 0 aromatic rings. The van der Waals surface area contributed by atoms with E-state index in [0.29, 0.717) is 13.2 Å². The Balaban J connectivity index is 1.98. The highest BCUT2D eigenvalue weighted by Gasteiger charge is 2.27. The Morgan fingerprint density at radius 2 is 2.44 bits per heavy atom. The van der Waals surface area contributed by atoms with Gasteiger partial charge in [-0.2, -0.15) is 0 Å². The molecule has 2 rings (SSSR count). The van der Waals surface area contributed by atoms with E-state index in [1.165, 1.54) is 11.4 Å². The van der Waals surface area contributed by atoms with Crippen molar-refractivity contribution in [1.82, 2.24) is 10.6 Å². The lowest BCUT2D eigenvalue weighted by Crippen LogP contribution is -2.38. The predicted octanol–water partition coefficient (Wildman–Crippen LogP) is -0.128. The summed E-state index contributed by atoms with van der Waals surface area (Å²) in [5, 5.41) is 7.34. The maximum absolute atomic E-state index is 11.8. The fraction of sp³-hybridized carbons (Fsp3) is 0.417. The van der Waals surface area contributed by atoms with Crippen molar-refractivity contribution in [2.24, 2.45) is 0 Å². The minimum atomic E-state index is -0.608. The lowest BCUT2D eigenvalue weighted by Gasteiger charge is -2.19. The predicted molar refractivity (Wildman–Crippen MR) is 70.2 cm³/mol. The van der Waals surface area contributed by atoms with Crippen LogP contribution in [-0.4, -0.2) is 42.5 Å². The summed E-state index contributed by atoms with van der Waals surface area (Å²) in [5.74, 6) is -0.361. The van der Waals surface area contributed by atoms with Gasteiger partial charge in [0.2, 0.25) is 0 Å². The van der Waals surface area contributed by atoms with Crippen LogP contribution in [0.4, 0.5) is 0 Å². The number of nitrogens with one attached hydrogen (secondary N) is 2. The van der Waals surface area contributed by atoms with E-state index in [0.717, 1.165) is 5.57 Å². The van der Waals surface area contributed by atoms with Gasteiger partial charge in [-0.25, -0.2) is 0 Å². The lowest BCUT2D eigenvalue weighted by molar-refractivity contribution is -0.146. The van der Waals surface area contributed by atoms with Crippen LogP contribution < -0.4 is 10.6 Å². The summed E-state index contributed by atoms with van der Waals surface area (Å²) < 4.78 is 5.32. The van der Waals surface area contributed by atoms with Gasteiger partial charge in [-0.1, -0.05) is 24.4 Å². The van der Waals surface area contributed by atoms with Gasteiger partial charge in [0.25, 0.3) is 0 Å². The highest BCUT2D eigenvalue weighted by molar-refractivity contribution is 7.79. The van der Waals surface area contributed by atoms with Gasteiger partial charge in [0, 0.05) is 25.0 Å². The third-order valence-electron chi connectivity index (χ3n) is 2.81. The topological polar surface area (TPSA) is 67.4 Å². The SMILES string of the molecule is O=C1C=CC=C(C(C=S)OC(=O)C2CNCN2)C1. The molecule has 0 aromatic heterocycles. The Bertz CT molecular complexity index is 425. The van der Waals surface area contributed by atoms with Crippen molar-refractivity contribution in [2.75, 3.05) is 13.2 Å². The summed E-state index contributed by atoms with van der Waals surface area (Å²) in [7, 11) is 0. The number of carbonyl (C=O) groups excluding carboxylic acids is 2. The maximum Gasteiger partial charge on any atom is 0.325 e. The average molecular weight is 266 g/mol. The number of hydrogen-bond donors (Lipinski definition) is 2. The van der Waals surface area contributed by atoms with Crippen LogP contribution in [0.15, 0.2) is 23.8 Å². The summed E-state index contributed by atoms with van der Waals surface area (Å²) in [4.78, 5) is 23.1. The van der Waals surface area contributed by atoms with Crippen LogP contribution in [0, 0.1) is 0 Å². The van der Waals surface area contributed by atoms with Crippen LogP contribution in [-0.2, 0) is 14.3 Å². The first-order valence-corrected chi connectivity index (χ1v) is 6.17. The van der Waals surface area contributed by atoms with Gasteiger partial charge in [-0.05, 0) is 11.6 Å². The minimum Gasteiger partial charge on any atom is -0.451 e. The molecule has 0 saturated carbocycles. The Kier molecular flexibility index (Phi) is 4.35. The third kappa shape index (κ3) is 3.10.